The molecule has 4 heteroatoms. The summed E-state index contributed by atoms with van der Waals surface area (Å²) < 4.78 is 5.69. The van der Waals surface area contributed by atoms with Crippen LogP contribution in [0.3, 0.4) is 0 Å². The lowest BCUT2D eigenvalue weighted by molar-refractivity contribution is -0.0683. The van der Waals surface area contributed by atoms with Crippen LogP contribution in [0.25, 0.3) is 0 Å². The van der Waals surface area contributed by atoms with Crippen molar-refractivity contribution in [3.8, 4) is 6.07 Å². The zero-order chi connectivity index (χ0) is 12.7. The Bertz CT molecular complexity index is 242. The Morgan fingerprint density at radius 2 is 2.06 bits per heavy atom. The predicted molar refractivity (Wildman–Crippen MR) is 68.8 cm³/mol. The van der Waals surface area contributed by atoms with Crippen LogP contribution in [0.5, 0.6) is 0 Å². The lowest BCUT2D eigenvalue weighted by atomic mass is 10.1. The second-order valence-electron chi connectivity index (χ2n) is 4.94. The van der Waals surface area contributed by atoms with Gasteiger partial charge in [0.1, 0.15) is 0 Å². The number of hydrogen-bond donors (Lipinski definition) is 1. The molecule has 3 unspecified atom stereocenters. The molecule has 1 N–H and O–H groups in total. The van der Waals surface area contributed by atoms with Crippen molar-refractivity contribution in [1.29, 1.82) is 5.26 Å². The highest BCUT2D eigenvalue weighted by molar-refractivity contribution is 4.90. The zero-order valence-electron chi connectivity index (χ0n) is 11.3. The molecule has 98 valence electrons. The molecule has 3 atom stereocenters. The smallest absolute Gasteiger partial charge is 0.0965 e. The van der Waals surface area contributed by atoms with Gasteiger partial charge in [-0.25, -0.2) is 0 Å². The fourth-order valence-electron chi connectivity index (χ4n) is 2.31. The number of ether oxygens (including phenoxy) is 1. The standard InChI is InChI=1S/C13H25N3O/c1-4-6-15-13(8-14)5-7-16-9-11(2)17-12(3)10-16/h11-13,15H,4-7,9-10H2,1-3H3. The van der Waals surface area contributed by atoms with Crippen LogP contribution in [0.2, 0.25) is 0 Å². The van der Waals surface area contributed by atoms with E-state index in [4.69, 9.17) is 10.00 Å². The average Bonchev–Trinajstić information content (AvgIpc) is 2.28. The summed E-state index contributed by atoms with van der Waals surface area (Å²) in [5.74, 6) is 0. The van der Waals surface area contributed by atoms with Crippen LogP contribution in [0.1, 0.15) is 33.6 Å². The van der Waals surface area contributed by atoms with Crippen LogP contribution in [0.4, 0.5) is 0 Å². The van der Waals surface area contributed by atoms with E-state index in [-0.39, 0.29) is 6.04 Å². The normalized spacial score (nSPS) is 27.6. The molecular weight excluding hydrogens is 214 g/mol. The summed E-state index contributed by atoms with van der Waals surface area (Å²) in [5.41, 5.74) is 0. The van der Waals surface area contributed by atoms with Crippen molar-refractivity contribution >= 4 is 0 Å². The van der Waals surface area contributed by atoms with Gasteiger partial charge in [0.05, 0.1) is 24.3 Å². The van der Waals surface area contributed by atoms with Gasteiger partial charge >= 0.3 is 0 Å². The summed E-state index contributed by atoms with van der Waals surface area (Å²) in [4.78, 5) is 2.40. The quantitative estimate of drug-likeness (QED) is 0.760. The zero-order valence-corrected chi connectivity index (χ0v) is 11.3. The molecule has 0 bridgehead atoms. The summed E-state index contributed by atoms with van der Waals surface area (Å²) in [6.45, 7) is 10.2. The highest BCUT2D eigenvalue weighted by Crippen LogP contribution is 2.11. The molecule has 1 fully saturated rings. The first kappa shape index (κ1) is 14.4. The molecule has 0 aromatic heterocycles. The second-order valence-corrected chi connectivity index (χ2v) is 4.94. The monoisotopic (exact) mass is 239 g/mol. The van der Waals surface area contributed by atoms with E-state index < -0.39 is 0 Å². The summed E-state index contributed by atoms with van der Waals surface area (Å²) in [6.07, 6.45) is 2.59. The van der Waals surface area contributed by atoms with Gasteiger partial charge in [-0.1, -0.05) is 6.92 Å². The van der Waals surface area contributed by atoms with Gasteiger partial charge in [-0.2, -0.15) is 5.26 Å². The molecule has 1 heterocycles. The van der Waals surface area contributed by atoms with Crippen molar-refractivity contribution < 1.29 is 4.74 Å². The van der Waals surface area contributed by atoms with Crippen molar-refractivity contribution in [1.82, 2.24) is 10.2 Å². The van der Waals surface area contributed by atoms with E-state index in [1.165, 1.54) is 0 Å². The van der Waals surface area contributed by atoms with Gasteiger partial charge in [0.15, 0.2) is 0 Å². The largest absolute Gasteiger partial charge is 0.373 e. The van der Waals surface area contributed by atoms with Gasteiger partial charge in [-0.05, 0) is 33.2 Å². The van der Waals surface area contributed by atoms with Crippen LogP contribution in [0.15, 0.2) is 0 Å². The Labute approximate surface area is 105 Å². The van der Waals surface area contributed by atoms with Gasteiger partial charge in [-0.15, -0.1) is 0 Å². The third-order valence-electron chi connectivity index (χ3n) is 3.03. The number of morpholine rings is 1. The molecule has 0 aliphatic carbocycles. The number of nitriles is 1. The Morgan fingerprint density at radius 1 is 1.41 bits per heavy atom. The molecule has 1 rings (SSSR count). The van der Waals surface area contributed by atoms with Crippen molar-refractivity contribution in [2.24, 2.45) is 0 Å². The number of rotatable bonds is 6. The highest BCUT2D eigenvalue weighted by Gasteiger charge is 2.22. The molecule has 1 saturated heterocycles. The lowest BCUT2D eigenvalue weighted by Crippen LogP contribution is -2.46. The molecule has 0 spiro atoms. The molecule has 0 aromatic carbocycles. The topological polar surface area (TPSA) is 48.3 Å². The van der Waals surface area contributed by atoms with E-state index in [9.17, 15) is 0 Å². The second kappa shape index (κ2) is 7.65. The number of hydrogen-bond acceptors (Lipinski definition) is 4. The predicted octanol–water partition coefficient (Wildman–Crippen LogP) is 1.38. The van der Waals surface area contributed by atoms with Crippen molar-refractivity contribution in [3.05, 3.63) is 0 Å². The molecule has 0 saturated carbocycles. The molecule has 1 aliphatic rings. The van der Waals surface area contributed by atoms with Crippen LogP contribution in [-0.4, -0.2) is 49.3 Å². The lowest BCUT2D eigenvalue weighted by Gasteiger charge is -2.35. The summed E-state index contributed by atoms with van der Waals surface area (Å²) in [5, 5.41) is 12.3. The maximum Gasteiger partial charge on any atom is 0.0965 e. The average molecular weight is 239 g/mol. The summed E-state index contributed by atoms with van der Waals surface area (Å²) in [7, 11) is 0. The van der Waals surface area contributed by atoms with Crippen LogP contribution in [0, 0.1) is 11.3 Å². The molecule has 4 nitrogen and oxygen atoms in total. The first-order valence-electron chi connectivity index (χ1n) is 6.66. The molecule has 17 heavy (non-hydrogen) atoms. The van der Waals surface area contributed by atoms with Crippen molar-refractivity contribution in [3.63, 3.8) is 0 Å². The van der Waals surface area contributed by atoms with Crippen LogP contribution >= 0.6 is 0 Å². The van der Waals surface area contributed by atoms with Crippen LogP contribution in [-0.2, 0) is 4.74 Å². The van der Waals surface area contributed by atoms with Crippen molar-refractivity contribution in [2.75, 3.05) is 26.2 Å². The van der Waals surface area contributed by atoms with Gasteiger partial charge < -0.3 is 10.1 Å². The molecular formula is C13H25N3O. The minimum Gasteiger partial charge on any atom is -0.373 e. The Hall–Kier alpha value is -0.630. The SMILES string of the molecule is CCCNC(C#N)CCN1CC(C)OC(C)C1. The van der Waals surface area contributed by atoms with E-state index in [1.807, 2.05) is 0 Å². The fourth-order valence-corrected chi connectivity index (χ4v) is 2.31. The van der Waals surface area contributed by atoms with Gasteiger partial charge in [-0.3, -0.25) is 4.90 Å². The Kier molecular flexibility index (Phi) is 6.49. The summed E-state index contributed by atoms with van der Waals surface area (Å²) >= 11 is 0. The van der Waals surface area contributed by atoms with E-state index in [0.29, 0.717) is 12.2 Å². The third-order valence-corrected chi connectivity index (χ3v) is 3.03. The maximum absolute atomic E-state index is 9.03. The van der Waals surface area contributed by atoms with E-state index in [1.54, 1.807) is 0 Å². The Morgan fingerprint density at radius 3 is 2.59 bits per heavy atom. The van der Waals surface area contributed by atoms with E-state index in [0.717, 1.165) is 39.0 Å². The minimum atomic E-state index is -0.0107. The van der Waals surface area contributed by atoms with Crippen LogP contribution < -0.4 is 5.32 Å². The first-order valence-corrected chi connectivity index (χ1v) is 6.66. The van der Waals surface area contributed by atoms with Crippen molar-refractivity contribution in [2.45, 2.75) is 51.9 Å². The number of nitrogens with one attached hydrogen (secondary N) is 1. The maximum atomic E-state index is 9.03. The molecule has 1 aliphatic heterocycles. The number of nitrogens with zero attached hydrogens (tertiary/aromatic N) is 2. The van der Waals surface area contributed by atoms with Gasteiger partial charge in [0.25, 0.3) is 0 Å². The minimum absolute atomic E-state index is 0.0107. The third kappa shape index (κ3) is 5.49. The van der Waals surface area contributed by atoms with E-state index >= 15 is 0 Å². The first-order chi connectivity index (χ1) is 8.15. The fraction of sp³-hybridized carbons (Fsp3) is 0.923. The van der Waals surface area contributed by atoms with E-state index in [2.05, 4.69) is 37.1 Å². The van der Waals surface area contributed by atoms with Gasteiger partial charge in [0, 0.05) is 19.6 Å². The highest BCUT2D eigenvalue weighted by atomic mass is 16.5. The molecule has 0 aromatic rings. The molecule has 0 radical (unpaired) electrons. The Balaban J connectivity index is 2.26. The van der Waals surface area contributed by atoms with Gasteiger partial charge in [0.2, 0.25) is 0 Å². The molecule has 0 amide bonds. The summed E-state index contributed by atoms with van der Waals surface area (Å²) in [6, 6.07) is 2.32.